The number of hydrogen-bond acceptors (Lipinski definition) is 5. The van der Waals surface area contributed by atoms with Gasteiger partial charge in [-0.15, -0.1) is 0 Å². The Hall–Kier alpha value is -0.850. The molecule has 0 saturated heterocycles. The van der Waals surface area contributed by atoms with Gasteiger partial charge in [0.05, 0.1) is 25.4 Å². The van der Waals surface area contributed by atoms with Crippen LogP contribution in [0.2, 0.25) is 5.02 Å². The van der Waals surface area contributed by atoms with E-state index in [2.05, 4.69) is 0 Å². The highest BCUT2D eigenvalue weighted by atomic mass is 35.5. The van der Waals surface area contributed by atoms with Crippen molar-refractivity contribution in [3.05, 3.63) is 29.3 Å². The van der Waals surface area contributed by atoms with E-state index in [1.54, 1.807) is 12.1 Å². The molecule has 0 fully saturated rings. The van der Waals surface area contributed by atoms with Crippen molar-refractivity contribution in [2.24, 2.45) is 0 Å². The van der Waals surface area contributed by atoms with Crippen LogP contribution in [-0.2, 0) is 9.47 Å². The Kier molecular flexibility index (Phi) is 9.43. The van der Waals surface area contributed by atoms with Gasteiger partial charge >= 0.3 is 0 Å². The first kappa shape index (κ1) is 19.2. The number of aliphatic hydroxyl groups excluding tert-OH is 2. The lowest BCUT2D eigenvalue weighted by Gasteiger charge is -2.29. The molecule has 6 heteroatoms. The summed E-state index contributed by atoms with van der Waals surface area (Å²) in [7, 11) is 0. The van der Waals surface area contributed by atoms with E-state index in [0.29, 0.717) is 31.3 Å². The first-order chi connectivity index (χ1) is 10.6. The highest BCUT2D eigenvalue weighted by Crippen LogP contribution is 2.19. The van der Waals surface area contributed by atoms with E-state index in [1.165, 1.54) is 0 Å². The summed E-state index contributed by atoms with van der Waals surface area (Å²) in [6.45, 7) is 6.15. The van der Waals surface area contributed by atoms with Gasteiger partial charge in [-0.05, 0) is 38.1 Å². The summed E-state index contributed by atoms with van der Waals surface area (Å²) in [5, 5.41) is 20.7. The highest BCUT2D eigenvalue weighted by Gasteiger charge is 2.16. The molecule has 0 amide bonds. The molecule has 0 spiro atoms. The van der Waals surface area contributed by atoms with E-state index in [0.717, 1.165) is 5.69 Å². The Balaban J connectivity index is 2.69. The zero-order chi connectivity index (χ0) is 16.4. The van der Waals surface area contributed by atoms with Gasteiger partial charge in [0.25, 0.3) is 0 Å². The molecule has 126 valence electrons. The van der Waals surface area contributed by atoms with Gasteiger partial charge in [-0.25, -0.2) is 0 Å². The van der Waals surface area contributed by atoms with Crippen LogP contribution >= 0.6 is 11.6 Å². The van der Waals surface area contributed by atoms with Crippen molar-refractivity contribution >= 4 is 17.3 Å². The Morgan fingerprint density at radius 3 is 1.82 bits per heavy atom. The maximum absolute atomic E-state index is 10.0. The zero-order valence-electron chi connectivity index (χ0n) is 13.2. The predicted molar refractivity (Wildman–Crippen MR) is 88.7 cm³/mol. The standard InChI is InChI=1S/C16H26ClNO4/c1-3-21-11-15(19)9-18(10-16(20)12-22-4-2)14-7-5-13(17)6-8-14/h5-8,15-16,19-20H,3-4,9-12H2,1-2H3/t15-,16?/m0/s1. The maximum Gasteiger partial charge on any atom is 0.0948 e. The van der Waals surface area contributed by atoms with Crippen LogP contribution in [-0.4, -0.2) is 61.9 Å². The second kappa shape index (κ2) is 10.8. The van der Waals surface area contributed by atoms with Crippen molar-refractivity contribution in [1.29, 1.82) is 0 Å². The minimum atomic E-state index is -0.630. The molecule has 0 heterocycles. The molecule has 1 aromatic carbocycles. The second-order valence-corrected chi connectivity index (χ2v) is 5.44. The summed E-state index contributed by atoms with van der Waals surface area (Å²) in [5.41, 5.74) is 0.885. The van der Waals surface area contributed by atoms with Crippen molar-refractivity contribution < 1.29 is 19.7 Å². The normalized spacial score (nSPS) is 13.9. The molecule has 22 heavy (non-hydrogen) atoms. The third-order valence-electron chi connectivity index (χ3n) is 3.08. The molecule has 1 unspecified atom stereocenters. The SMILES string of the molecule is CCOCC(O)CN(C[C@H](O)COCC)c1ccc(Cl)cc1. The number of anilines is 1. The minimum Gasteiger partial charge on any atom is -0.389 e. The van der Waals surface area contributed by atoms with Gasteiger partial charge in [0.1, 0.15) is 0 Å². The van der Waals surface area contributed by atoms with Crippen LogP contribution in [0.4, 0.5) is 5.69 Å². The lowest BCUT2D eigenvalue weighted by Crippen LogP contribution is -2.41. The molecule has 0 aromatic heterocycles. The van der Waals surface area contributed by atoms with Gasteiger partial charge in [-0.1, -0.05) is 11.6 Å². The molecule has 0 aliphatic carbocycles. The molecule has 1 aromatic rings. The maximum atomic E-state index is 10.0. The van der Waals surface area contributed by atoms with Gasteiger partial charge in [0, 0.05) is 37.0 Å². The average molecular weight is 332 g/mol. The number of nitrogens with zero attached hydrogens (tertiary/aromatic N) is 1. The van der Waals surface area contributed by atoms with Gasteiger partial charge in [-0.2, -0.15) is 0 Å². The smallest absolute Gasteiger partial charge is 0.0948 e. The monoisotopic (exact) mass is 331 g/mol. The Morgan fingerprint density at radius 1 is 0.955 bits per heavy atom. The summed E-state index contributed by atoms with van der Waals surface area (Å²) in [6.07, 6.45) is -1.26. The molecule has 2 atom stereocenters. The number of benzene rings is 1. The first-order valence-corrected chi connectivity index (χ1v) is 7.96. The molecule has 0 saturated carbocycles. The van der Waals surface area contributed by atoms with E-state index in [1.807, 2.05) is 30.9 Å². The van der Waals surface area contributed by atoms with Crippen LogP contribution in [0, 0.1) is 0 Å². The number of hydrogen-bond donors (Lipinski definition) is 2. The molecular weight excluding hydrogens is 306 g/mol. The molecule has 5 nitrogen and oxygen atoms in total. The molecule has 0 radical (unpaired) electrons. The first-order valence-electron chi connectivity index (χ1n) is 7.58. The van der Waals surface area contributed by atoms with E-state index in [4.69, 9.17) is 21.1 Å². The summed E-state index contributed by atoms with van der Waals surface area (Å²) in [5.74, 6) is 0. The fraction of sp³-hybridized carbons (Fsp3) is 0.625. The quantitative estimate of drug-likeness (QED) is 0.649. The summed E-state index contributed by atoms with van der Waals surface area (Å²) in [6, 6.07) is 7.30. The van der Waals surface area contributed by atoms with Crippen molar-refractivity contribution in [2.45, 2.75) is 26.1 Å². The molecule has 0 aliphatic heterocycles. The number of halogens is 1. The zero-order valence-corrected chi connectivity index (χ0v) is 14.0. The molecular formula is C16H26ClNO4. The van der Waals surface area contributed by atoms with Crippen molar-refractivity contribution in [3.63, 3.8) is 0 Å². The minimum absolute atomic E-state index is 0.266. The van der Waals surface area contributed by atoms with Gasteiger partial charge in [0.2, 0.25) is 0 Å². The van der Waals surface area contributed by atoms with Crippen LogP contribution in [0.15, 0.2) is 24.3 Å². The summed E-state index contributed by atoms with van der Waals surface area (Å²) in [4.78, 5) is 1.91. The van der Waals surface area contributed by atoms with Gasteiger partial charge in [-0.3, -0.25) is 0 Å². The van der Waals surface area contributed by atoms with E-state index in [9.17, 15) is 10.2 Å². The van der Waals surface area contributed by atoms with E-state index >= 15 is 0 Å². The average Bonchev–Trinajstić information content (AvgIpc) is 2.51. The summed E-state index contributed by atoms with van der Waals surface area (Å²) < 4.78 is 10.5. The highest BCUT2D eigenvalue weighted by molar-refractivity contribution is 6.30. The van der Waals surface area contributed by atoms with Crippen LogP contribution in [0.3, 0.4) is 0 Å². The second-order valence-electron chi connectivity index (χ2n) is 5.01. The Morgan fingerprint density at radius 2 is 1.41 bits per heavy atom. The van der Waals surface area contributed by atoms with Crippen molar-refractivity contribution in [3.8, 4) is 0 Å². The van der Waals surface area contributed by atoms with E-state index in [-0.39, 0.29) is 13.2 Å². The lowest BCUT2D eigenvalue weighted by atomic mass is 10.2. The fourth-order valence-corrected chi connectivity index (χ4v) is 2.19. The Bertz CT molecular complexity index is 386. The molecule has 0 bridgehead atoms. The largest absolute Gasteiger partial charge is 0.389 e. The fourth-order valence-electron chi connectivity index (χ4n) is 2.06. The van der Waals surface area contributed by atoms with Crippen molar-refractivity contribution in [2.75, 3.05) is 44.4 Å². The van der Waals surface area contributed by atoms with Crippen LogP contribution < -0.4 is 4.90 Å². The third-order valence-corrected chi connectivity index (χ3v) is 3.33. The van der Waals surface area contributed by atoms with Crippen LogP contribution in [0.1, 0.15) is 13.8 Å². The molecule has 1 rings (SSSR count). The van der Waals surface area contributed by atoms with Gasteiger partial charge < -0.3 is 24.6 Å². The molecule has 0 aliphatic rings. The van der Waals surface area contributed by atoms with Gasteiger partial charge in [0.15, 0.2) is 0 Å². The van der Waals surface area contributed by atoms with E-state index < -0.39 is 12.2 Å². The number of ether oxygens (including phenoxy) is 2. The van der Waals surface area contributed by atoms with Crippen molar-refractivity contribution in [1.82, 2.24) is 0 Å². The topological polar surface area (TPSA) is 62.2 Å². The summed E-state index contributed by atoms with van der Waals surface area (Å²) >= 11 is 5.91. The number of rotatable bonds is 11. The van der Waals surface area contributed by atoms with Crippen LogP contribution in [0.5, 0.6) is 0 Å². The third kappa shape index (κ3) is 7.42. The lowest BCUT2D eigenvalue weighted by molar-refractivity contribution is 0.0353. The van der Waals surface area contributed by atoms with Crippen LogP contribution in [0.25, 0.3) is 0 Å². The predicted octanol–water partition coefficient (Wildman–Crippen LogP) is 1.94. The number of aliphatic hydroxyl groups is 2. The Labute approximate surface area is 137 Å². The molecule has 2 N–H and O–H groups in total.